The second-order valence-electron chi connectivity index (χ2n) is 5.86. The molecule has 0 aliphatic rings. The van der Waals surface area contributed by atoms with Gasteiger partial charge in [-0.25, -0.2) is 4.57 Å². The van der Waals surface area contributed by atoms with Gasteiger partial charge < -0.3 is 4.42 Å². The molecule has 0 aliphatic carbocycles. The SMILES string of the molecule is [2H]c1c(C([2H])([2H])[2H])c([2H])c(-c2ccc3oc4cc(C)ccc4c3c2C)[n+](C)c1[2H]. The Morgan fingerprint density at radius 2 is 1.96 bits per heavy atom. The van der Waals surface area contributed by atoms with Crippen LogP contribution in [0.3, 0.4) is 0 Å². The number of nitrogens with zero attached hydrogens (tertiary/aromatic N) is 1. The van der Waals surface area contributed by atoms with Gasteiger partial charge in [-0.05, 0) is 55.6 Å². The zero-order valence-electron chi connectivity index (χ0n) is 19.2. The molecule has 0 saturated heterocycles. The molecule has 0 saturated carbocycles. The van der Waals surface area contributed by atoms with Crippen molar-refractivity contribution in [2.45, 2.75) is 20.7 Å². The molecule has 0 spiro atoms. The number of fused-ring (bicyclic) bond motifs is 3. The molecule has 0 radical (unpaired) electrons. The van der Waals surface area contributed by atoms with Crippen LogP contribution in [0.15, 0.2) is 53.0 Å². The lowest BCUT2D eigenvalue weighted by Crippen LogP contribution is -2.30. The summed E-state index contributed by atoms with van der Waals surface area (Å²) in [6, 6.07) is 8.86. The van der Waals surface area contributed by atoms with E-state index in [0.717, 1.165) is 27.5 Å². The highest BCUT2D eigenvalue weighted by atomic mass is 16.3. The Bertz CT molecular complexity index is 1300. The smallest absolute Gasteiger partial charge is 0.212 e. The Morgan fingerprint density at radius 3 is 2.78 bits per heavy atom. The van der Waals surface area contributed by atoms with Gasteiger partial charge in [-0.1, -0.05) is 12.1 Å². The maximum absolute atomic E-state index is 8.57. The molecule has 0 aliphatic heterocycles. The van der Waals surface area contributed by atoms with E-state index in [0.29, 0.717) is 16.8 Å². The van der Waals surface area contributed by atoms with E-state index in [-0.39, 0.29) is 12.2 Å². The fraction of sp³-hybridized carbons (Fsp3) is 0.190. The predicted molar refractivity (Wildman–Crippen MR) is 94.5 cm³/mol. The van der Waals surface area contributed by atoms with Gasteiger partial charge in [0.25, 0.3) is 0 Å². The molecule has 2 aromatic carbocycles. The molecule has 0 bridgehead atoms. The van der Waals surface area contributed by atoms with Crippen molar-refractivity contribution in [3.05, 3.63) is 65.3 Å². The molecule has 0 N–H and O–H groups in total. The van der Waals surface area contributed by atoms with Crippen molar-refractivity contribution in [3.8, 4) is 11.3 Å². The van der Waals surface area contributed by atoms with Crippen LogP contribution in [0.5, 0.6) is 0 Å². The molecular weight excluding hydrogens is 282 g/mol. The summed E-state index contributed by atoms with van der Waals surface area (Å²) in [5.74, 6) is 0. The summed E-state index contributed by atoms with van der Waals surface area (Å²) in [6.07, 6.45) is -0.241. The molecule has 4 rings (SSSR count). The van der Waals surface area contributed by atoms with Crippen LogP contribution in [0.1, 0.15) is 24.9 Å². The van der Waals surface area contributed by atoms with Gasteiger partial charge in [0.1, 0.15) is 19.6 Å². The Kier molecular flexibility index (Phi) is 1.91. The van der Waals surface area contributed by atoms with Gasteiger partial charge in [-0.3, -0.25) is 0 Å². The third kappa shape index (κ3) is 2.14. The number of rotatable bonds is 1. The Labute approximate surface area is 144 Å². The number of hydrogen-bond donors (Lipinski definition) is 0. The fourth-order valence-electron chi connectivity index (χ4n) is 3.08. The third-order valence-electron chi connectivity index (χ3n) is 4.24. The molecule has 114 valence electrons. The van der Waals surface area contributed by atoms with Crippen LogP contribution in [0, 0.1) is 20.7 Å². The van der Waals surface area contributed by atoms with E-state index in [9.17, 15) is 0 Å². The maximum Gasteiger partial charge on any atom is 0.212 e. The van der Waals surface area contributed by atoms with Crippen LogP contribution in [-0.2, 0) is 7.05 Å². The van der Waals surface area contributed by atoms with Crippen LogP contribution in [0.4, 0.5) is 0 Å². The lowest BCUT2D eigenvalue weighted by atomic mass is 9.98. The summed E-state index contributed by atoms with van der Waals surface area (Å²) in [5.41, 5.74) is 3.94. The molecular formula is C21H20NO+. The Balaban J connectivity index is 2.12. The predicted octanol–water partition coefficient (Wildman–Crippen LogP) is 5.00. The number of aromatic nitrogens is 1. The first-order valence-corrected chi connectivity index (χ1v) is 7.45. The van der Waals surface area contributed by atoms with Crippen LogP contribution in [-0.4, -0.2) is 0 Å². The standard InChI is InChI=1S/C21H20NO/c1-13-5-6-17-20(12-13)23-19-8-7-16(15(3)21(17)19)18-11-14(2)9-10-22(18)4/h5-12H,1-4H3/q+1/i2D3,9D,10D,11D. The van der Waals surface area contributed by atoms with E-state index in [4.69, 9.17) is 12.6 Å². The van der Waals surface area contributed by atoms with Crippen molar-refractivity contribution in [2.75, 3.05) is 0 Å². The number of hydrogen-bond acceptors (Lipinski definition) is 1. The van der Waals surface area contributed by atoms with Crippen molar-refractivity contribution in [1.29, 1.82) is 0 Å². The largest absolute Gasteiger partial charge is 0.456 e. The van der Waals surface area contributed by atoms with Gasteiger partial charge in [-0.15, -0.1) is 0 Å². The van der Waals surface area contributed by atoms with Crippen LogP contribution >= 0.6 is 0 Å². The molecule has 2 heterocycles. The highest BCUT2D eigenvalue weighted by molar-refractivity contribution is 6.08. The average Bonchev–Trinajstić information content (AvgIpc) is 2.99. The van der Waals surface area contributed by atoms with E-state index in [2.05, 4.69) is 0 Å². The summed E-state index contributed by atoms with van der Waals surface area (Å²) in [4.78, 5) is 0. The lowest BCUT2D eigenvalue weighted by molar-refractivity contribution is -0.660. The quantitative estimate of drug-likeness (QED) is 0.452. The number of pyridine rings is 1. The highest BCUT2D eigenvalue weighted by Crippen LogP contribution is 2.35. The first-order valence-electron chi connectivity index (χ1n) is 10.5. The molecule has 0 amide bonds. The van der Waals surface area contributed by atoms with Crippen LogP contribution in [0.2, 0.25) is 0 Å². The average molecular weight is 308 g/mol. The van der Waals surface area contributed by atoms with Gasteiger partial charge >= 0.3 is 0 Å². The van der Waals surface area contributed by atoms with Crippen molar-refractivity contribution in [1.82, 2.24) is 0 Å². The number of benzene rings is 2. The van der Waals surface area contributed by atoms with Gasteiger partial charge in [0, 0.05) is 32.5 Å². The fourth-order valence-corrected chi connectivity index (χ4v) is 3.08. The van der Waals surface area contributed by atoms with E-state index in [1.807, 2.05) is 32.0 Å². The number of furan rings is 1. The topological polar surface area (TPSA) is 17.0 Å². The minimum absolute atomic E-state index is 0.241. The summed E-state index contributed by atoms with van der Waals surface area (Å²) in [6.45, 7) is 1.25. The summed E-state index contributed by atoms with van der Waals surface area (Å²) >= 11 is 0. The van der Waals surface area contributed by atoms with E-state index < -0.39 is 18.5 Å². The number of aryl methyl sites for hydroxylation is 2. The van der Waals surface area contributed by atoms with E-state index >= 15 is 0 Å². The normalized spacial score (nSPS) is 15.8. The summed E-state index contributed by atoms with van der Waals surface area (Å²) in [7, 11) is 1.58. The third-order valence-corrected chi connectivity index (χ3v) is 4.24. The first-order chi connectivity index (χ1) is 13.5. The minimum Gasteiger partial charge on any atom is -0.456 e. The van der Waals surface area contributed by atoms with Gasteiger partial charge in [0.15, 0.2) is 6.17 Å². The monoisotopic (exact) mass is 308 g/mol. The Hall–Kier alpha value is -2.61. The lowest BCUT2D eigenvalue weighted by Gasteiger charge is -2.06. The van der Waals surface area contributed by atoms with E-state index in [1.165, 1.54) is 4.57 Å². The summed E-state index contributed by atoms with van der Waals surface area (Å²) in [5, 5.41) is 1.84. The molecule has 0 unspecified atom stereocenters. The van der Waals surface area contributed by atoms with Crippen LogP contribution in [0.25, 0.3) is 33.2 Å². The first kappa shape index (κ1) is 8.88. The zero-order valence-corrected chi connectivity index (χ0v) is 13.2. The molecule has 23 heavy (non-hydrogen) atoms. The van der Waals surface area contributed by atoms with Gasteiger partial charge in [0.2, 0.25) is 5.69 Å². The second-order valence-corrected chi connectivity index (χ2v) is 5.86. The van der Waals surface area contributed by atoms with Crippen LogP contribution < -0.4 is 4.57 Å². The molecule has 2 aromatic heterocycles. The molecule has 2 heteroatoms. The van der Waals surface area contributed by atoms with Gasteiger partial charge in [0.05, 0.1) is 2.74 Å². The Morgan fingerprint density at radius 1 is 1.09 bits per heavy atom. The van der Waals surface area contributed by atoms with Gasteiger partial charge in [-0.2, -0.15) is 0 Å². The molecule has 0 fully saturated rings. The molecule has 2 nitrogen and oxygen atoms in total. The highest BCUT2D eigenvalue weighted by Gasteiger charge is 2.17. The second kappa shape index (κ2) is 4.95. The summed E-state index contributed by atoms with van der Waals surface area (Å²) < 4.78 is 55.5. The van der Waals surface area contributed by atoms with E-state index in [1.54, 1.807) is 19.2 Å². The minimum atomic E-state index is -2.65. The van der Waals surface area contributed by atoms with Crippen molar-refractivity contribution >= 4 is 21.9 Å². The maximum atomic E-state index is 8.57. The van der Waals surface area contributed by atoms with Crippen molar-refractivity contribution < 1.29 is 17.2 Å². The molecule has 4 aromatic rings. The van der Waals surface area contributed by atoms with Crippen molar-refractivity contribution in [2.24, 2.45) is 7.05 Å². The molecule has 0 atom stereocenters. The van der Waals surface area contributed by atoms with Crippen molar-refractivity contribution in [3.63, 3.8) is 0 Å². The zero-order chi connectivity index (χ0) is 21.2.